The van der Waals surface area contributed by atoms with Crippen molar-refractivity contribution >= 4 is 5.69 Å². The van der Waals surface area contributed by atoms with Gasteiger partial charge in [-0.25, -0.2) is 0 Å². The van der Waals surface area contributed by atoms with E-state index < -0.39 is 0 Å². The average molecular weight is 284 g/mol. The molecule has 1 N–H and O–H groups in total. The zero-order valence-electron chi connectivity index (χ0n) is 13.8. The number of anilines is 1. The largest absolute Gasteiger partial charge is 0.370 e. The number of rotatable bonds is 3. The van der Waals surface area contributed by atoms with E-state index in [1.807, 2.05) is 6.07 Å². The number of benzene rings is 1. The first-order valence-corrected chi connectivity index (χ1v) is 8.13. The van der Waals surface area contributed by atoms with Crippen LogP contribution in [0.5, 0.6) is 0 Å². The van der Waals surface area contributed by atoms with Crippen LogP contribution in [0.3, 0.4) is 0 Å². The summed E-state index contributed by atoms with van der Waals surface area (Å²) in [6.45, 7) is 9.10. The Bertz CT molecular complexity index is 499. The van der Waals surface area contributed by atoms with Gasteiger partial charge in [0.1, 0.15) is 6.04 Å². The van der Waals surface area contributed by atoms with E-state index in [1.54, 1.807) is 0 Å². The molecule has 0 aliphatic heterocycles. The van der Waals surface area contributed by atoms with Gasteiger partial charge in [0.05, 0.1) is 6.07 Å². The zero-order chi connectivity index (χ0) is 15.5. The highest BCUT2D eigenvalue weighted by Gasteiger charge is 2.32. The molecule has 0 radical (unpaired) electrons. The van der Waals surface area contributed by atoms with Gasteiger partial charge >= 0.3 is 0 Å². The molecule has 0 heterocycles. The van der Waals surface area contributed by atoms with Crippen molar-refractivity contribution in [2.24, 2.45) is 17.3 Å². The minimum Gasteiger partial charge on any atom is -0.370 e. The third-order valence-corrected chi connectivity index (χ3v) is 4.95. The van der Waals surface area contributed by atoms with Crippen LogP contribution >= 0.6 is 0 Å². The number of hydrogen-bond acceptors (Lipinski definition) is 2. The molecule has 0 aromatic heterocycles. The fourth-order valence-electron chi connectivity index (χ4n) is 3.49. The highest BCUT2D eigenvalue weighted by Crippen LogP contribution is 2.41. The summed E-state index contributed by atoms with van der Waals surface area (Å²) in [5.74, 6) is 1.28. The van der Waals surface area contributed by atoms with Crippen LogP contribution in [-0.4, -0.2) is 6.04 Å². The Hall–Kier alpha value is -1.49. The van der Waals surface area contributed by atoms with Crippen LogP contribution in [-0.2, 0) is 0 Å². The van der Waals surface area contributed by atoms with Crippen LogP contribution in [0.2, 0.25) is 0 Å². The van der Waals surface area contributed by atoms with E-state index in [0.29, 0.717) is 11.3 Å². The van der Waals surface area contributed by atoms with Crippen LogP contribution in [0.4, 0.5) is 5.69 Å². The van der Waals surface area contributed by atoms with Gasteiger partial charge in [-0.15, -0.1) is 0 Å². The monoisotopic (exact) mass is 284 g/mol. The third kappa shape index (κ3) is 4.24. The van der Waals surface area contributed by atoms with Crippen molar-refractivity contribution < 1.29 is 0 Å². The molecular formula is C19H28N2. The molecule has 2 heteroatoms. The van der Waals surface area contributed by atoms with E-state index in [1.165, 1.54) is 31.2 Å². The molecule has 0 spiro atoms. The van der Waals surface area contributed by atoms with Gasteiger partial charge in [0.15, 0.2) is 0 Å². The standard InChI is InChI=1S/C19H28N2/c1-14-6-5-7-17(12-14)21-18(13-20)15-8-10-16(11-9-15)19(2,3)4/h5-7,12,15-16,18,21H,8-11H2,1-4H3. The van der Waals surface area contributed by atoms with Crippen molar-refractivity contribution in [3.05, 3.63) is 29.8 Å². The molecule has 1 aromatic rings. The van der Waals surface area contributed by atoms with Crippen LogP contribution in [0.25, 0.3) is 0 Å². The molecule has 2 nitrogen and oxygen atoms in total. The SMILES string of the molecule is Cc1cccc(NC(C#N)C2CCC(C(C)(C)C)CC2)c1. The second-order valence-corrected chi connectivity index (χ2v) is 7.60. The van der Waals surface area contributed by atoms with Crippen LogP contribution in [0.1, 0.15) is 52.0 Å². The zero-order valence-corrected chi connectivity index (χ0v) is 13.8. The molecule has 1 fully saturated rings. The molecule has 0 saturated heterocycles. The van der Waals surface area contributed by atoms with Crippen LogP contribution in [0.15, 0.2) is 24.3 Å². The maximum absolute atomic E-state index is 9.52. The number of nitrogens with one attached hydrogen (secondary N) is 1. The van der Waals surface area contributed by atoms with E-state index in [-0.39, 0.29) is 6.04 Å². The summed E-state index contributed by atoms with van der Waals surface area (Å²) in [4.78, 5) is 0. The van der Waals surface area contributed by atoms with Gasteiger partial charge in [-0.3, -0.25) is 0 Å². The van der Waals surface area contributed by atoms with Crippen LogP contribution in [0, 0.1) is 35.5 Å². The van der Waals surface area contributed by atoms with Gasteiger partial charge in [-0.2, -0.15) is 5.26 Å². The lowest BCUT2D eigenvalue weighted by molar-refractivity contribution is 0.148. The maximum atomic E-state index is 9.52. The maximum Gasteiger partial charge on any atom is 0.117 e. The Morgan fingerprint density at radius 1 is 1.19 bits per heavy atom. The highest BCUT2D eigenvalue weighted by atomic mass is 14.9. The van der Waals surface area contributed by atoms with E-state index >= 15 is 0 Å². The number of hydrogen-bond donors (Lipinski definition) is 1. The Kier molecular flexibility index (Phi) is 4.93. The van der Waals surface area contributed by atoms with Gasteiger partial charge in [0.25, 0.3) is 0 Å². The predicted molar refractivity (Wildman–Crippen MR) is 89.1 cm³/mol. The van der Waals surface area contributed by atoms with Gasteiger partial charge < -0.3 is 5.32 Å². The van der Waals surface area contributed by atoms with E-state index in [9.17, 15) is 5.26 Å². The molecule has 114 valence electrons. The lowest BCUT2D eigenvalue weighted by Gasteiger charge is -2.38. The Morgan fingerprint density at radius 2 is 1.86 bits per heavy atom. The topological polar surface area (TPSA) is 35.8 Å². The quantitative estimate of drug-likeness (QED) is 0.833. The lowest BCUT2D eigenvalue weighted by Crippen LogP contribution is -2.34. The fourth-order valence-corrected chi connectivity index (χ4v) is 3.49. The Balaban J connectivity index is 1.96. The molecule has 0 bridgehead atoms. The normalized spacial score (nSPS) is 24.1. The van der Waals surface area contributed by atoms with Crippen molar-refractivity contribution in [3.8, 4) is 6.07 Å². The summed E-state index contributed by atoms with van der Waals surface area (Å²) < 4.78 is 0. The fraction of sp³-hybridized carbons (Fsp3) is 0.632. The first kappa shape index (κ1) is 15.9. The molecule has 2 rings (SSSR count). The molecule has 1 saturated carbocycles. The Morgan fingerprint density at radius 3 is 2.38 bits per heavy atom. The molecule has 21 heavy (non-hydrogen) atoms. The number of aryl methyl sites for hydroxylation is 1. The summed E-state index contributed by atoms with van der Waals surface area (Å²) in [6.07, 6.45) is 4.83. The second-order valence-electron chi connectivity index (χ2n) is 7.60. The molecule has 1 atom stereocenters. The first-order valence-electron chi connectivity index (χ1n) is 8.13. The lowest BCUT2D eigenvalue weighted by atomic mass is 9.68. The molecular weight excluding hydrogens is 256 g/mol. The van der Waals surface area contributed by atoms with Crippen molar-refractivity contribution in [3.63, 3.8) is 0 Å². The second kappa shape index (κ2) is 6.52. The van der Waals surface area contributed by atoms with E-state index in [4.69, 9.17) is 0 Å². The van der Waals surface area contributed by atoms with Gasteiger partial charge in [-0.05, 0) is 67.6 Å². The Labute approximate surface area is 129 Å². The summed E-state index contributed by atoms with van der Waals surface area (Å²) >= 11 is 0. The first-order chi connectivity index (χ1) is 9.90. The van der Waals surface area contributed by atoms with Gasteiger partial charge in [0, 0.05) is 5.69 Å². The summed E-state index contributed by atoms with van der Waals surface area (Å²) in [7, 11) is 0. The highest BCUT2D eigenvalue weighted by molar-refractivity contribution is 5.47. The molecule has 1 aliphatic rings. The third-order valence-electron chi connectivity index (χ3n) is 4.95. The molecule has 1 aromatic carbocycles. The van der Waals surface area contributed by atoms with Gasteiger partial charge in [0.2, 0.25) is 0 Å². The number of nitrogens with zero attached hydrogens (tertiary/aromatic N) is 1. The smallest absolute Gasteiger partial charge is 0.117 e. The average Bonchev–Trinajstić information content (AvgIpc) is 2.44. The van der Waals surface area contributed by atoms with Crippen molar-refractivity contribution in [2.75, 3.05) is 5.32 Å². The molecule has 1 aliphatic carbocycles. The van der Waals surface area contributed by atoms with E-state index in [0.717, 1.165) is 11.6 Å². The predicted octanol–water partition coefficient (Wildman–Crippen LogP) is 5.15. The van der Waals surface area contributed by atoms with Gasteiger partial charge in [-0.1, -0.05) is 32.9 Å². The molecule has 1 unspecified atom stereocenters. The number of nitriles is 1. The van der Waals surface area contributed by atoms with Crippen molar-refractivity contribution in [1.29, 1.82) is 5.26 Å². The van der Waals surface area contributed by atoms with Crippen molar-refractivity contribution in [1.82, 2.24) is 0 Å². The van der Waals surface area contributed by atoms with E-state index in [2.05, 4.69) is 57.3 Å². The minimum atomic E-state index is -0.0623. The van der Waals surface area contributed by atoms with Crippen LogP contribution < -0.4 is 5.32 Å². The minimum absolute atomic E-state index is 0.0623. The molecule has 0 amide bonds. The summed E-state index contributed by atoms with van der Waals surface area (Å²) in [5, 5.41) is 13.0. The summed E-state index contributed by atoms with van der Waals surface area (Å²) in [5.41, 5.74) is 2.70. The summed E-state index contributed by atoms with van der Waals surface area (Å²) in [6, 6.07) is 10.7. The van der Waals surface area contributed by atoms with Crippen molar-refractivity contribution in [2.45, 2.75) is 59.4 Å².